The number of hydrogen-bond acceptors (Lipinski definition) is 4. The van der Waals surface area contributed by atoms with Crippen molar-refractivity contribution in [2.75, 3.05) is 6.54 Å². The van der Waals surface area contributed by atoms with Crippen LogP contribution in [0.4, 0.5) is 0 Å². The molecule has 1 heterocycles. The summed E-state index contributed by atoms with van der Waals surface area (Å²) >= 11 is 0. The number of carbonyl (C=O) groups excluding carboxylic acids is 1. The number of aromatic nitrogens is 2. The van der Waals surface area contributed by atoms with Crippen LogP contribution < -0.4 is 10.0 Å². The van der Waals surface area contributed by atoms with Gasteiger partial charge in [0.1, 0.15) is 0 Å². The largest absolute Gasteiger partial charge is 0.352 e. The molecular formula is C8H12N4O3S. The number of H-pyrrole nitrogens is 1. The van der Waals surface area contributed by atoms with E-state index in [0.29, 0.717) is 0 Å². The van der Waals surface area contributed by atoms with Crippen molar-refractivity contribution >= 4 is 15.9 Å². The molecule has 0 saturated heterocycles. The lowest BCUT2D eigenvalue weighted by Gasteiger charge is -2.05. The lowest BCUT2D eigenvalue weighted by atomic mass is 10.5. The van der Waals surface area contributed by atoms with Crippen molar-refractivity contribution in [3.05, 3.63) is 12.5 Å². The van der Waals surface area contributed by atoms with Crippen LogP contribution in [0.15, 0.2) is 17.6 Å². The van der Waals surface area contributed by atoms with Crippen molar-refractivity contribution in [1.82, 2.24) is 20.0 Å². The maximum Gasteiger partial charge on any atom is 0.258 e. The second kappa shape index (κ2) is 4.22. The highest BCUT2D eigenvalue weighted by Crippen LogP contribution is 2.18. The summed E-state index contributed by atoms with van der Waals surface area (Å²) < 4.78 is 25.3. The van der Waals surface area contributed by atoms with Crippen molar-refractivity contribution < 1.29 is 13.2 Å². The van der Waals surface area contributed by atoms with E-state index in [1.807, 2.05) is 0 Å². The molecular weight excluding hydrogens is 232 g/mol. The summed E-state index contributed by atoms with van der Waals surface area (Å²) in [7, 11) is -3.66. The van der Waals surface area contributed by atoms with Gasteiger partial charge in [0.05, 0.1) is 19.1 Å². The molecule has 88 valence electrons. The number of aromatic amines is 1. The van der Waals surface area contributed by atoms with Crippen molar-refractivity contribution in [2.24, 2.45) is 0 Å². The molecule has 16 heavy (non-hydrogen) atoms. The van der Waals surface area contributed by atoms with Crippen LogP contribution in [0.3, 0.4) is 0 Å². The molecule has 1 saturated carbocycles. The number of amides is 1. The van der Waals surface area contributed by atoms with Gasteiger partial charge in [-0.25, -0.2) is 18.1 Å². The number of imidazole rings is 1. The Kier molecular flexibility index (Phi) is 2.92. The summed E-state index contributed by atoms with van der Waals surface area (Å²) in [4.78, 5) is 17.3. The van der Waals surface area contributed by atoms with Gasteiger partial charge in [-0.15, -0.1) is 0 Å². The second-order valence-corrected chi connectivity index (χ2v) is 5.32. The molecule has 0 aromatic carbocycles. The van der Waals surface area contributed by atoms with Gasteiger partial charge in [-0.3, -0.25) is 4.79 Å². The summed E-state index contributed by atoms with van der Waals surface area (Å²) in [6.07, 6.45) is 4.39. The van der Waals surface area contributed by atoms with Gasteiger partial charge in [-0.05, 0) is 12.8 Å². The fourth-order valence-electron chi connectivity index (χ4n) is 1.13. The third-order valence-corrected chi connectivity index (χ3v) is 3.45. The maximum absolute atomic E-state index is 11.5. The first-order chi connectivity index (χ1) is 7.58. The normalized spacial score (nSPS) is 16.0. The van der Waals surface area contributed by atoms with Gasteiger partial charge in [0.25, 0.3) is 10.0 Å². The predicted octanol–water partition coefficient (Wildman–Crippen LogP) is -1.03. The lowest BCUT2D eigenvalue weighted by molar-refractivity contribution is -0.120. The number of hydrogen-bond donors (Lipinski definition) is 3. The molecule has 0 atom stereocenters. The predicted molar refractivity (Wildman–Crippen MR) is 54.9 cm³/mol. The molecule has 1 aliphatic carbocycles. The van der Waals surface area contributed by atoms with Gasteiger partial charge < -0.3 is 10.3 Å². The van der Waals surface area contributed by atoms with Gasteiger partial charge in [0.15, 0.2) is 5.03 Å². The van der Waals surface area contributed by atoms with E-state index in [2.05, 4.69) is 20.0 Å². The monoisotopic (exact) mass is 244 g/mol. The van der Waals surface area contributed by atoms with E-state index in [1.165, 1.54) is 12.5 Å². The Morgan fingerprint density at radius 2 is 2.31 bits per heavy atom. The topological polar surface area (TPSA) is 104 Å². The van der Waals surface area contributed by atoms with Crippen molar-refractivity contribution in [3.63, 3.8) is 0 Å². The Morgan fingerprint density at radius 1 is 1.56 bits per heavy atom. The molecule has 1 aliphatic rings. The van der Waals surface area contributed by atoms with Crippen LogP contribution in [-0.4, -0.2) is 36.9 Å². The van der Waals surface area contributed by atoms with Crippen molar-refractivity contribution in [2.45, 2.75) is 23.9 Å². The molecule has 0 aliphatic heterocycles. The van der Waals surface area contributed by atoms with E-state index in [4.69, 9.17) is 0 Å². The molecule has 1 amide bonds. The first-order valence-corrected chi connectivity index (χ1v) is 6.33. The second-order valence-electron chi connectivity index (χ2n) is 3.58. The zero-order valence-corrected chi connectivity index (χ0v) is 9.25. The Labute approximate surface area is 92.7 Å². The zero-order chi connectivity index (χ0) is 11.6. The molecule has 3 N–H and O–H groups in total. The Balaban J connectivity index is 1.86. The number of rotatable bonds is 5. The first kappa shape index (κ1) is 11.1. The molecule has 1 aromatic rings. The standard InChI is InChI=1S/C8H12N4O3S/c13-7(12-6-1-2-6)3-11-16(14,15)8-4-9-5-10-8/h4-6,11H,1-3H2,(H,9,10)(H,12,13). The number of nitrogens with zero attached hydrogens (tertiary/aromatic N) is 1. The summed E-state index contributed by atoms with van der Waals surface area (Å²) in [6, 6.07) is 0.226. The van der Waals surface area contributed by atoms with Gasteiger partial charge in [-0.1, -0.05) is 0 Å². The zero-order valence-electron chi connectivity index (χ0n) is 8.43. The fourth-order valence-corrected chi connectivity index (χ4v) is 2.02. The van der Waals surface area contributed by atoms with Crippen LogP contribution in [0, 0.1) is 0 Å². The minimum atomic E-state index is -3.66. The third kappa shape index (κ3) is 2.80. The van der Waals surface area contributed by atoms with E-state index in [-0.39, 0.29) is 23.5 Å². The Hall–Kier alpha value is -1.41. The van der Waals surface area contributed by atoms with Crippen molar-refractivity contribution in [1.29, 1.82) is 0 Å². The quantitative estimate of drug-likeness (QED) is 0.615. The molecule has 0 radical (unpaired) electrons. The number of sulfonamides is 1. The highest BCUT2D eigenvalue weighted by Gasteiger charge is 2.24. The molecule has 2 rings (SSSR count). The number of carbonyl (C=O) groups is 1. The van der Waals surface area contributed by atoms with E-state index in [1.54, 1.807) is 0 Å². The first-order valence-electron chi connectivity index (χ1n) is 4.85. The molecule has 0 bridgehead atoms. The minimum Gasteiger partial charge on any atom is -0.352 e. The Morgan fingerprint density at radius 3 is 2.88 bits per heavy atom. The van der Waals surface area contributed by atoms with Crippen LogP contribution in [0.25, 0.3) is 0 Å². The van der Waals surface area contributed by atoms with Crippen LogP contribution >= 0.6 is 0 Å². The average molecular weight is 244 g/mol. The highest BCUT2D eigenvalue weighted by atomic mass is 32.2. The van der Waals surface area contributed by atoms with Crippen LogP contribution in [0.2, 0.25) is 0 Å². The lowest BCUT2D eigenvalue weighted by Crippen LogP contribution is -2.37. The van der Waals surface area contributed by atoms with Gasteiger partial charge in [-0.2, -0.15) is 0 Å². The van der Waals surface area contributed by atoms with E-state index in [9.17, 15) is 13.2 Å². The van der Waals surface area contributed by atoms with Crippen molar-refractivity contribution in [3.8, 4) is 0 Å². The molecule has 1 aromatic heterocycles. The molecule has 0 unspecified atom stereocenters. The van der Waals surface area contributed by atoms with Gasteiger partial charge >= 0.3 is 0 Å². The van der Waals surface area contributed by atoms with Gasteiger partial charge in [0, 0.05) is 6.04 Å². The maximum atomic E-state index is 11.5. The van der Waals surface area contributed by atoms with Crippen LogP contribution in [-0.2, 0) is 14.8 Å². The SMILES string of the molecule is O=C(CNS(=O)(=O)c1cnc[nH]1)NC1CC1. The smallest absolute Gasteiger partial charge is 0.258 e. The van der Waals surface area contributed by atoms with Crippen LogP contribution in [0.1, 0.15) is 12.8 Å². The average Bonchev–Trinajstić information content (AvgIpc) is 2.86. The number of nitrogens with one attached hydrogen (secondary N) is 3. The molecule has 0 spiro atoms. The Bertz CT molecular complexity index is 463. The summed E-state index contributed by atoms with van der Waals surface area (Å²) in [5, 5.41) is 2.63. The molecule has 7 nitrogen and oxygen atoms in total. The summed E-state index contributed by atoms with van der Waals surface area (Å²) in [6.45, 7) is -0.252. The minimum absolute atomic E-state index is 0.0493. The summed E-state index contributed by atoms with van der Waals surface area (Å²) in [5.74, 6) is -0.314. The highest BCUT2D eigenvalue weighted by molar-refractivity contribution is 7.89. The van der Waals surface area contributed by atoms with E-state index >= 15 is 0 Å². The van der Waals surface area contributed by atoms with E-state index < -0.39 is 10.0 Å². The van der Waals surface area contributed by atoms with Gasteiger partial charge in [0.2, 0.25) is 5.91 Å². The summed E-state index contributed by atoms with van der Waals surface area (Å²) in [5.41, 5.74) is 0. The fraction of sp³-hybridized carbons (Fsp3) is 0.500. The van der Waals surface area contributed by atoms with Crippen LogP contribution in [0.5, 0.6) is 0 Å². The van der Waals surface area contributed by atoms with E-state index in [0.717, 1.165) is 12.8 Å². The molecule has 1 fully saturated rings. The third-order valence-electron chi connectivity index (χ3n) is 2.13. The molecule has 8 heteroatoms.